The number of rotatable bonds is 3. The van der Waals surface area contributed by atoms with Gasteiger partial charge in [-0.25, -0.2) is 8.42 Å². The van der Waals surface area contributed by atoms with Crippen molar-refractivity contribution in [3.8, 4) is 0 Å². The zero-order valence-electron chi connectivity index (χ0n) is 10.1. The number of ether oxygens (including phenoxy) is 1. The van der Waals surface area contributed by atoms with Crippen molar-refractivity contribution >= 4 is 9.84 Å². The number of aliphatic hydroxyl groups is 1. The Hall–Kier alpha value is -0.130. The number of hydrogen-bond acceptors (Lipinski definition) is 4. The van der Waals surface area contributed by atoms with Crippen LogP contribution >= 0.6 is 0 Å². The molecule has 2 rings (SSSR count). The minimum atomic E-state index is -3.34. The van der Waals surface area contributed by atoms with Gasteiger partial charge in [0.05, 0.1) is 24.6 Å². The van der Waals surface area contributed by atoms with Crippen molar-refractivity contribution in [1.29, 1.82) is 0 Å². The van der Waals surface area contributed by atoms with Crippen LogP contribution in [0.25, 0.3) is 0 Å². The van der Waals surface area contributed by atoms with Crippen molar-refractivity contribution in [3.05, 3.63) is 0 Å². The Kier molecular flexibility index (Phi) is 2.47. The molecule has 4 nitrogen and oxygen atoms in total. The predicted molar refractivity (Wildman–Crippen MR) is 61.0 cm³/mol. The molecule has 16 heavy (non-hydrogen) atoms. The monoisotopic (exact) mass is 248 g/mol. The molecule has 0 aromatic heterocycles. The van der Waals surface area contributed by atoms with Crippen LogP contribution < -0.4 is 0 Å². The summed E-state index contributed by atoms with van der Waals surface area (Å²) in [5.74, 6) is 0. The van der Waals surface area contributed by atoms with E-state index in [1.807, 2.05) is 20.8 Å². The molecule has 1 aliphatic carbocycles. The zero-order valence-corrected chi connectivity index (χ0v) is 10.9. The second-order valence-electron chi connectivity index (χ2n) is 6.08. The fraction of sp³-hybridized carbons (Fsp3) is 1.00. The Morgan fingerprint density at radius 2 is 1.75 bits per heavy atom. The molecule has 0 aromatic rings. The molecule has 0 amide bonds. The molecule has 94 valence electrons. The van der Waals surface area contributed by atoms with Crippen molar-refractivity contribution in [2.24, 2.45) is 5.41 Å². The van der Waals surface area contributed by atoms with E-state index in [1.165, 1.54) is 0 Å². The first-order chi connectivity index (χ1) is 7.22. The molecule has 1 saturated carbocycles. The lowest BCUT2D eigenvalue weighted by molar-refractivity contribution is -0.0379. The third-order valence-corrected chi connectivity index (χ3v) is 7.73. The lowest BCUT2D eigenvalue weighted by Gasteiger charge is -2.44. The summed E-state index contributed by atoms with van der Waals surface area (Å²) >= 11 is 0. The van der Waals surface area contributed by atoms with Gasteiger partial charge < -0.3 is 9.84 Å². The summed E-state index contributed by atoms with van der Waals surface area (Å²) in [5.41, 5.74) is -0.274. The van der Waals surface area contributed by atoms with Crippen molar-refractivity contribution in [2.45, 2.75) is 43.1 Å². The quantitative estimate of drug-likeness (QED) is 0.800. The van der Waals surface area contributed by atoms with Gasteiger partial charge in [-0.15, -0.1) is 0 Å². The van der Waals surface area contributed by atoms with E-state index in [1.54, 1.807) is 0 Å². The molecule has 1 heterocycles. The summed E-state index contributed by atoms with van der Waals surface area (Å²) in [5, 5.41) is 9.37. The molecule has 0 radical (unpaired) electrons. The van der Waals surface area contributed by atoms with Gasteiger partial charge in [0.1, 0.15) is 4.75 Å². The molecule has 1 N–H and O–H groups in total. The highest BCUT2D eigenvalue weighted by atomic mass is 32.2. The molecule has 1 saturated heterocycles. The van der Waals surface area contributed by atoms with Gasteiger partial charge in [0, 0.05) is 0 Å². The Labute approximate surface area is 96.9 Å². The maximum atomic E-state index is 12.7. The van der Waals surface area contributed by atoms with Crippen LogP contribution in [0.2, 0.25) is 0 Å². The Morgan fingerprint density at radius 1 is 1.25 bits per heavy atom. The van der Waals surface area contributed by atoms with Crippen LogP contribution in [0.3, 0.4) is 0 Å². The summed E-state index contributed by atoms with van der Waals surface area (Å²) < 4.78 is 28.6. The molecule has 2 aliphatic rings. The number of sulfone groups is 1. The first-order valence-corrected chi connectivity index (χ1v) is 7.14. The molecule has 5 heteroatoms. The van der Waals surface area contributed by atoms with Crippen LogP contribution in [-0.2, 0) is 14.6 Å². The van der Waals surface area contributed by atoms with Gasteiger partial charge in [-0.2, -0.15) is 0 Å². The SMILES string of the molecule is CC(C)(C)C1(S(=O)(=O)C2(CO)COC2)CC1. The van der Waals surface area contributed by atoms with Crippen LogP contribution in [0.15, 0.2) is 0 Å². The average Bonchev–Trinajstić information content (AvgIpc) is 2.79. The van der Waals surface area contributed by atoms with Crippen molar-refractivity contribution in [2.75, 3.05) is 19.8 Å². The van der Waals surface area contributed by atoms with Gasteiger partial charge >= 0.3 is 0 Å². The lowest BCUT2D eigenvalue weighted by Crippen LogP contribution is -2.63. The summed E-state index contributed by atoms with van der Waals surface area (Å²) in [7, 11) is -3.34. The van der Waals surface area contributed by atoms with E-state index in [9.17, 15) is 13.5 Å². The third kappa shape index (κ3) is 1.25. The number of hydrogen-bond donors (Lipinski definition) is 1. The molecule has 0 bridgehead atoms. The minimum absolute atomic E-state index is 0.143. The summed E-state index contributed by atoms with van der Waals surface area (Å²) in [6, 6.07) is 0. The van der Waals surface area contributed by atoms with Crippen LogP contribution in [0, 0.1) is 5.41 Å². The minimum Gasteiger partial charge on any atom is -0.395 e. The van der Waals surface area contributed by atoms with Gasteiger partial charge in [-0.3, -0.25) is 0 Å². The van der Waals surface area contributed by atoms with E-state index >= 15 is 0 Å². The maximum absolute atomic E-state index is 12.7. The van der Waals surface area contributed by atoms with Crippen LogP contribution in [0.5, 0.6) is 0 Å². The van der Waals surface area contributed by atoms with Gasteiger partial charge in [0.2, 0.25) is 0 Å². The van der Waals surface area contributed by atoms with Crippen LogP contribution in [0.4, 0.5) is 0 Å². The highest BCUT2D eigenvalue weighted by Crippen LogP contribution is 2.59. The predicted octanol–water partition coefficient (Wildman–Crippen LogP) is 0.741. The normalized spacial score (nSPS) is 27.2. The first-order valence-electron chi connectivity index (χ1n) is 5.65. The molecule has 0 aromatic carbocycles. The van der Waals surface area contributed by atoms with E-state index in [4.69, 9.17) is 4.74 Å². The topological polar surface area (TPSA) is 63.6 Å². The lowest BCUT2D eigenvalue weighted by atomic mass is 9.89. The maximum Gasteiger partial charge on any atom is 0.169 e. The molecule has 0 atom stereocenters. The van der Waals surface area contributed by atoms with E-state index in [0.29, 0.717) is 12.8 Å². The van der Waals surface area contributed by atoms with Gasteiger partial charge in [-0.1, -0.05) is 20.8 Å². The van der Waals surface area contributed by atoms with Gasteiger partial charge in [-0.05, 0) is 18.3 Å². The van der Waals surface area contributed by atoms with Crippen LogP contribution in [-0.4, -0.2) is 42.8 Å². The Bertz CT molecular complexity index is 377. The zero-order chi connectivity index (χ0) is 12.2. The Balaban J connectivity index is 2.41. The highest BCUT2D eigenvalue weighted by molar-refractivity contribution is 7.94. The molecule has 2 fully saturated rings. The Morgan fingerprint density at radius 3 is 1.94 bits per heavy atom. The first kappa shape index (κ1) is 12.3. The molecular formula is C11H20O4S. The largest absolute Gasteiger partial charge is 0.395 e. The molecule has 0 spiro atoms. The summed E-state index contributed by atoms with van der Waals surface area (Å²) in [4.78, 5) is 0. The molecule has 0 unspecified atom stereocenters. The smallest absolute Gasteiger partial charge is 0.169 e. The molecule has 1 aliphatic heterocycles. The van der Waals surface area contributed by atoms with Crippen molar-refractivity contribution in [1.82, 2.24) is 0 Å². The highest BCUT2D eigenvalue weighted by Gasteiger charge is 2.69. The summed E-state index contributed by atoms with van der Waals surface area (Å²) in [6.07, 6.45) is 1.42. The van der Waals surface area contributed by atoms with Crippen molar-refractivity contribution < 1.29 is 18.3 Å². The second kappa shape index (κ2) is 3.21. The fourth-order valence-electron chi connectivity index (χ4n) is 2.61. The van der Waals surface area contributed by atoms with Gasteiger partial charge in [0.25, 0.3) is 0 Å². The standard InChI is InChI=1S/C11H20O4S/c1-9(2,3)11(4-5-11)16(13,14)10(6-12)7-15-8-10/h12H,4-8H2,1-3H3. The van der Waals surface area contributed by atoms with Crippen LogP contribution in [0.1, 0.15) is 33.6 Å². The van der Waals surface area contributed by atoms with Crippen molar-refractivity contribution in [3.63, 3.8) is 0 Å². The molecular weight excluding hydrogens is 228 g/mol. The fourth-order valence-corrected chi connectivity index (χ4v) is 5.53. The third-order valence-electron chi connectivity index (χ3n) is 4.17. The average molecular weight is 248 g/mol. The summed E-state index contributed by atoms with van der Waals surface area (Å²) in [6.45, 7) is 5.84. The second-order valence-corrected chi connectivity index (χ2v) is 8.74. The van der Waals surface area contributed by atoms with E-state index in [2.05, 4.69) is 0 Å². The number of aliphatic hydroxyl groups excluding tert-OH is 1. The van der Waals surface area contributed by atoms with Gasteiger partial charge in [0.15, 0.2) is 9.84 Å². The van der Waals surface area contributed by atoms with E-state index in [-0.39, 0.29) is 25.2 Å². The van der Waals surface area contributed by atoms with E-state index in [0.717, 1.165) is 0 Å². The van der Waals surface area contributed by atoms with E-state index < -0.39 is 19.3 Å².